The fraction of sp³-hybridized carbons (Fsp3) is 0.222. The number of benzene rings is 2. The molecule has 1 aliphatic rings. The van der Waals surface area contributed by atoms with Crippen molar-refractivity contribution in [1.29, 1.82) is 0 Å². The Balaban J connectivity index is 1.76. The van der Waals surface area contributed by atoms with Crippen LogP contribution in [0.2, 0.25) is 0 Å². The van der Waals surface area contributed by atoms with Crippen LogP contribution in [0.3, 0.4) is 0 Å². The van der Waals surface area contributed by atoms with Gasteiger partial charge in [-0.1, -0.05) is 72.8 Å². The summed E-state index contributed by atoms with van der Waals surface area (Å²) in [5.41, 5.74) is 2.89. The zero-order valence-corrected chi connectivity index (χ0v) is 10.5. The maximum atomic E-state index is 2.39. The molecular weight excluding hydrogens is 216 g/mol. The first-order valence-corrected chi connectivity index (χ1v) is 6.72. The van der Waals surface area contributed by atoms with Crippen molar-refractivity contribution in [2.75, 3.05) is 0 Å². The van der Waals surface area contributed by atoms with Crippen molar-refractivity contribution in [3.63, 3.8) is 0 Å². The summed E-state index contributed by atoms with van der Waals surface area (Å²) in [5, 5.41) is 0. The van der Waals surface area contributed by atoms with E-state index in [1.807, 2.05) is 0 Å². The molecule has 0 heteroatoms. The van der Waals surface area contributed by atoms with E-state index in [0.29, 0.717) is 11.8 Å². The Hall–Kier alpha value is -1.82. The van der Waals surface area contributed by atoms with E-state index in [0.717, 1.165) is 0 Å². The van der Waals surface area contributed by atoms with Crippen molar-refractivity contribution in [1.82, 2.24) is 0 Å². The van der Waals surface area contributed by atoms with Gasteiger partial charge in [-0.3, -0.25) is 0 Å². The second-order valence-electron chi connectivity index (χ2n) is 5.00. The highest BCUT2D eigenvalue weighted by atomic mass is 14.2. The van der Waals surface area contributed by atoms with Gasteiger partial charge in [0.25, 0.3) is 0 Å². The van der Waals surface area contributed by atoms with Crippen molar-refractivity contribution < 1.29 is 0 Å². The first kappa shape index (κ1) is 11.3. The fourth-order valence-corrected chi connectivity index (χ4v) is 2.78. The molecule has 0 amide bonds. The van der Waals surface area contributed by atoms with Crippen LogP contribution >= 0.6 is 0 Å². The summed E-state index contributed by atoms with van der Waals surface area (Å²) in [6.45, 7) is 0. The van der Waals surface area contributed by atoms with E-state index in [9.17, 15) is 0 Å². The Morgan fingerprint density at radius 2 is 0.944 bits per heavy atom. The van der Waals surface area contributed by atoms with Crippen molar-refractivity contribution in [3.05, 3.63) is 83.9 Å². The van der Waals surface area contributed by atoms with Crippen molar-refractivity contribution in [2.45, 2.75) is 24.7 Å². The Morgan fingerprint density at radius 1 is 0.556 bits per heavy atom. The first-order valence-electron chi connectivity index (χ1n) is 6.72. The number of allylic oxidation sites excluding steroid dienone is 2. The lowest BCUT2D eigenvalue weighted by atomic mass is 9.82. The fourth-order valence-electron chi connectivity index (χ4n) is 2.78. The molecule has 0 unspecified atom stereocenters. The molecule has 1 aliphatic carbocycles. The minimum Gasteiger partial charge on any atom is -0.0804 e. The van der Waals surface area contributed by atoms with Gasteiger partial charge in [-0.2, -0.15) is 0 Å². The molecule has 0 nitrogen and oxygen atoms in total. The molecule has 2 aromatic carbocycles. The smallest absolute Gasteiger partial charge is 0.00185 e. The molecule has 0 saturated heterocycles. The molecule has 0 heterocycles. The second-order valence-corrected chi connectivity index (χ2v) is 5.00. The Morgan fingerprint density at radius 3 is 1.28 bits per heavy atom. The van der Waals surface area contributed by atoms with Gasteiger partial charge in [-0.25, -0.2) is 0 Å². The van der Waals surface area contributed by atoms with Crippen LogP contribution in [0.5, 0.6) is 0 Å². The molecule has 18 heavy (non-hydrogen) atoms. The largest absolute Gasteiger partial charge is 0.0804 e. The summed E-state index contributed by atoms with van der Waals surface area (Å²) in [6, 6.07) is 21.6. The highest BCUT2D eigenvalue weighted by Gasteiger charge is 2.17. The molecule has 90 valence electrons. The molecule has 0 saturated carbocycles. The Kier molecular flexibility index (Phi) is 3.27. The SMILES string of the molecule is C1=C[C@H](c2ccccc2)CC[C@@H]1c1ccccc1. The second kappa shape index (κ2) is 5.22. The predicted octanol–water partition coefficient (Wildman–Crippen LogP) is 4.90. The molecule has 0 N–H and O–H groups in total. The van der Waals surface area contributed by atoms with Gasteiger partial charge in [-0.15, -0.1) is 0 Å². The van der Waals surface area contributed by atoms with E-state index < -0.39 is 0 Å². The monoisotopic (exact) mass is 234 g/mol. The molecule has 3 rings (SSSR count). The van der Waals surface area contributed by atoms with Crippen LogP contribution in [0.25, 0.3) is 0 Å². The average Bonchev–Trinajstić information content (AvgIpc) is 2.49. The van der Waals surface area contributed by atoms with Crippen LogP contribution in [0.4, 0.5) is 0 Å². The number of hydrogen-bond donors (Lipinski definition) is 0. The highest BCUT2D eigenvalue weighted by Crippen LogP contribution is 2.34. The Labute approximate surface area is 109 Å². The molecule has 0 aliphatic heterocycles. The van der Waals surface area contributed by atoms with Crippen LogP contribution in [0.1, 0.15) is 35.8 Å². The summed E-state index contributed by atoms with van der Waals surface area (Å²) < 4.78 is 0. The van der Waals surface area contributed by atoms with Gasteiger partial charge < -0.3 is 0 Å². The lowest BCUT2D eigenvalue weighted by Crippen LogP contribution is -2.06. The summed E-state index contributed by atoms with van der Waals surface area (Å²) in [5.74, 6) is 1.21. The third-order valence-electron chi connectivity index (χ3n) is 3.82. The van der Waals surface area contributed by atoms with Gasteiger partial charge in [0.15, 0.2) is 0 Å². The van der Waals surface area contributed by atoms with Gasteiger partial charge in [0.1, 0.15) is 0 Å². The van der Waals surface area contributed by atoms with E-state index in [1.165, 1.54) is 24.0 Å². The quantitative estimate of drug-likeness (QED) is 0.648. The lowest BCUT2D eigenvalue weighted by molar-refractivity contribution is 0.601. The highest BCUT2D eigenvalue weighted by molar-refractivity contribution is 5.30. The van der Waals surface area contributed by atoms with Gasteiger partial charge in [0, 0.05) is 11.8 Å². The zero-order valence-electron chi connectivity index (χ0n) is 10.5. The first-order chi connectivity index (χ1) is 8.93. The summed E-state index contributed by atoms with van der Waals surface area (Å²) in [6.07, 6.45) is 7.27. The summed E-state index contributed by atoms with van der Waals surface area (Å²) in [4.78, 5) is 0. The minimum absolute atomic E-state index is 0.603. The van der Waals surface area contributed by atoms with Crippen LogP contribution in [0, 0.1) is 0 Å². The van der Waals surface area contributed by atoms with Crippen LogP contribution in [-0.4, -0.2) is 0 Å². The molecule has 0 fully saturated rings. The standard InChI is InChI=1S/C18H18/c1-3-7-15(8-4-1)17-11-13-18(14-12-17)16-9-5-2-6-10-16/h1-11,13,17-18H,12,14H2/t17-,18+. The van der Waals surface area contributed by atoms with Gasteiger partial charge in [0.05, 0.1) is 0 Å². The molecule has 0 bridgehead atoms. The van der Waals surface area contributed by atoms with E-state index in [1.54, 1.807) is 0 Å². The predicted molar refractivity (Wildman–Crippen MR) is 76.7 cm³/mol. The van der Waals surface area contributed by atoms with E-state index in [4.69, 9.17) is 0 Å². The normalized spacial score (nSPS) is 22.9. The van der Waals surface area contributed by atoms with Crippen molar-refractivity contribution in [2.24, 2.45) is 0 Å². The molecule has 0 aromatic heterocycles. The molecule has 0 radical (unpaired) electrons. The minimum atomic E-state index is 0.603. The number of hydrogen-bond acceptors (Lipinski definition) is 0. The van der Waals surface area contributed by atoms with Gasteiger partial charge in [0.2, 0.25) is 0 Å². The van der Waals surface area contributed by atoms with Crippen LogP contribution in [-0.2, 0) is 0 Å². The third kappa shape index (κ3) is 2.38. The number of rotatable bonds is 2. The topological polar surface area (TPSA) is 0 Å². The Bertz CT molecular complexity index is 461. The van der Waals surface area contributed by atoms with Crippen molar-refractivity contribution >= 4 is 0 Å². The summed E-state index contributed by atoms with van der Waals surface area (Å²) in [7, 11) is 0. The van der Waals surface area contributed by atoms with Gasteiger partial charge >= 0.3 is 0 Å². The van der Waals surface area contributed by atoms with Crippen LogP contribution < -0.4 is 0 Å². The zero-order chi connectivity index (χ0) is 12.2. The lowest BCUT2D eigenvalue weighted by Gasteiger charge is -2.23. The molecule has 0 spiro atoms. The molecule has 2 aromatic rings. The van der Waals surface area contributed by atoms with E-state index >= 15 is 0 Å². The molecular formula is C18H18. The maximum Gasteiger partial charge on any atom is 0.00185 e. The third-order valence-corrected chi connectivity index (χ3v) is 3.82. The van der Waals surface area contributed by atoms with E-state index in [-0.39, 0.29) is 0 Å². The molecule has 2 atom stereocenters. The van der Waals surface area contributed by atoms with Crippen LogP contribution in [0.15, 0.2) is 72.8 Å². The maximum absolute atomic E-state index is 2.39. The average molecular weight is 234 g/mol. The van der Waals surface area contributed by atoms with E-state index in [2.05, 4.69) is 72.8 Å². The van der Waals surface area contributed by atoms with Crippen molar-refractivity contribution in [3.8, 4) is 0 Å². The van der Waals surface area contributed by atoms with Gasteiger partial charge in [-0.05, 0) is 24.0 Å². The summed E-state index contributed by atoms with van der Waals surface area (Å²) >= 11 is 0.